The summed E-state index contributed by atoms with van der Waals surface area (Å²) in [5.74, 6) is -0.0606. The van der Waals surface area contributed by atoms with Gasteiger partial charge in [0.1, 0.15) is 12.4 Å². The van der Waals surface area contributed by atoms with Crippen molar-refractivity contribution in [1.82, 2.24) is 0 Å². The number of ether oxygens (including phenoxy) is 1. The predicted molar refractivity (Wildman–Crippen MR) is 55.7 cm³/mol. The van der Waals surface area contributed by atoms with E-state index >= 15 is 0 Å². The van der Waals surface area contributed by atoms with E-state index in [-0.39, 0.29) is 11.7 Å². The first-order chi connectivity index (χ1) is 6.75. The van der Waals surface area contributed by atoms with Gasteiger partial charge in [0, 0.05) is 10.7 Å². The van der Waals surface area contributed by atoms with E-state index in [2.05, 4.69) is 22.5 Å². The molecule has 14 heavy (non-hydrogen) atoms. The summed E-state index contributed by atoms with van der Waals surface area (Å²) in [5, 5.41) is 0. The molecule has 2 radical (unpaired) electrons. The van der Waals surface area contributed by atoms with Crippen LogP contribution in [0.25, 0.3) is 0 Å². The van der Waals surface area contributed by atoms with E-state index in [0.717, 1.165) is 12.0 Å². The molecule has 0 bridgehead atoms. The van der Waals surface area contributed by atoms with Crippen LogP contribution in [0.5, 0.6) is 0 Å². The summed E-state index contributed by atoms with van der Waals surface area (Å²) in [4.78, 5) is 0.360. The molecule has 1 aliphatic heterocycles. The van der Waals surface area contributed by atoms with Crippen LogP contribution in [0.4, 0.5) is 4.39 Å². The zero-order chi connectivity index (χ0) is 9.97. The largest absolute Gasteiger partial charge is 0.367 e. The molecular formula is C11H10BrFO. The van der Waals surface area contributed by atoms with Gasteiger partial charge in [0.15, 0.2) is 0 Å². The molecule has 74 valence electrons. The minimum absolute atomic E-state index is 0.147. The van der Waals surface area contributed by atoms with Gasteiger partial charge in [-0.3, -0.25) is 0 Å². The summed E-state index contributed by atoms with van der Waals surface area (Å²) in [6.07, 6.45) is 0.950. The zero-order valence-corrected chi connectivity index (χ0v) is 9.13. The van der Waals surface area contributed by atoms with Crippen LogP contribution in [-0.4, -0.2) is 11.4 Å². The van der Waals surface area contributed by atoms with Gasteiger partial charge in [-0.05, 0) is 24.1 Å². The van der Waals surface area contributed by atoms with E-state index in [1.165, 1.54) is 12.1 Å². The monoisotopic (exact) mass is 256 g/mol. The number of benzene rings is 1. The summed E-state index contributed by atoms with van der Waals surface area (Å²) < 4.78 is 17.9. The van der Waals surface area contributed by atoms with Crippen LogP contribution < -0.4 is 0 Å². The average molecular weight is 257 g/mol. The maximum absolute atomic E-state index is 12.7. The topological polar surface area (TPSA) is 9.23 Å². The molecule has 0 N–H and O–H groups in total. The second-order valence-electron chi connectivity index (χ2n) is 3.37. The van der Waals surface area contributed by atoms with E-state index in [0.29, 0.717) is 11.4 Å². The van der Waals surface area contributed by atoms with Crippen molar-refractivity contribution in [1.29, 1.82) is 0 Å². The number of hydrogen-bond acceptors (Lipinski definition) is 1. The second-order valence-corrected chi connectivity index (χ2v) is 4.66. The second kappa shape index (κ2) is 4.41. The Morgan fingerprint density at radius 1 is 1.36 bits per heavy atom. The fourth-order valence-corrected chi connectivity index (χ4v) is 2.02. The van der Waals surface area contributed by atoms with Crippen LogP contribution >= 0.6 is 15.9 Å². The molecule has 1 fully saturated rings. The Labute approximate surface area is 91.4 Å². The molecule has 0 amide bonds. The Bertz CT molecular complexity index is 299. The molecule has 0 saturated carbocycles. The van der Waals surface area contributed by atoms with E-state index in [4.69, 9.17) is 4.74 Å². The maximum atomic E-state index is 12.7. The van der Waals surface area contributed by atoms with Crippen molar-refractivity contribution >= 4 is 15.9 Å². The minimum atomic E-state index is -0.208. The molecule has 2 unspecified atom stereocenters. The maximum Gasteiger partial charge on any atom is 0.140 e. The Balaban J connectivity index is 2.10. The highest BCUT2D eigenvalue weighted by atomic mass is 79.9. The molecule has 1 saturated heterocycles. The number of halogens is 2. The van der Waals surface area contributed by atoms with Gasteiger partial charge in [-0.1, -0.05) is 28.1 Å². The molecule has 0 aliphatic carbocycles. The Hall–Kier alpha value is -0.410. The molecule has 2 rings (SSSR count). The third-order valence-electron chi connectivity index (χ3n) is 2.25. The first-order valence-electron chi connectivity index (χ1n) is 4.52. The molecule has 1 aromatic carbocycles. The quantitative estimate of drug-likeness (QED) is 0.702. The molecule has 1 aliphatic rings. The first-order valence-corrected chi connectivity index (χ1v) is 5.44. The summed E-state index contributed by atoms with van der Waals surface area (Å²) in [5.41, 5.74) is 1.05. The van der Waals surface area contributed by atoms with Crippen molar-refractivity contribution < 1.29 is 9.13 Å². The van der Waals surface area contributed by atoms with Gasteiger partial charge in [0.05, 0.1) is 6.61 Å². The lowest BCUT2D eigenvalue weighted by atomic mass is 9.94. The van der Waals surface area contributed by atoms with E-state index in [1.54, 1.807) is 12.1 Å². The summed E-state index contributed by atoms with van der Waals surface area (Å²) in [7, 11) is 0. The van der Waals surface area contributed by atoms with Gasteiger partial charge in [-0.25, -0.2) is 4.39 Å². The predicted octanol–water partition coefficient (Wildman–Crippen LogP) is 3.13. The SMILES string of the molecule is Fc1ccc(C2[C]OCC(Br)C2)cc1. The van der Waals surface area contributed by atoms with Crippen LogP contribution in [0.2, 0.25) is 0 Å². The lowest BCUT2D eigenvalue weighted by Crippen LogP contribution is -2.20. The van der Waals surface area contributed by atoms with Gasteiger partial charge in [-0.2, -0.15) is 0 Å². The standard InChI is InChI=1S/C11H10BrFO/c12-10-5-9(6-14-7-10)8-1-3-11(13)4-2-8/h1-4,9-10H,5,7H2. The van der Waals surface area contributed by atoms with Crippen molar-refractivity contribution in [3.63, 3.8) is 0 Å². The summed E-state index contributed by atoms with van der Waals surface area (Å²) in [6, 6.07) is 6.49. The highest BCUT2D eigenvalue weighted by Crippen LogP contribution is 2.31. The highest BCUT2D eigenvalue weighted by molar-refractivity contribution is 9.09. The smallest absolute Gasteiger partial charge is 0.140 e. The van der Waals surface area contributed by atoms with Crippen molar-refractivity contribution in [2.45, 2.75) is 17.2 Å². The van der Waals surface area contributed by atoms with Crippen LogP contribution in [-0.2, 0) is 4.74 Å². The van der Waals surface area contributed by atoms with Crippen LogP contribution in [0, 0.1) is 12.4 Å². The van der Waals surface area contributed by atoms with Gasteiger partial charge < -0.3 is 4.74 Å². The lowest BCUT2D eigenvalue weighted by Gasteiger charge is -2.24. The van der Waals surface area contributed by atoms with E-state index < -0.39 is 0 Å². The van der Waals surface area contributed by atoms with Crippen LogP contribution in [0.1, 0.15) is 17.9 Å². The third kappa shape index (κ3) is 2.34. The average Bonchev–Trinajstić information content (AvgIpc) is 2.19. The van der Waals surface area contributed by atoms with Crippen molar-refractivity contribution in [2.24, 2.45) is 0 Å². The third-order valence-corrected chi connectivity index (χ3v) is 2.89. The molecule has 3 heteroatoms. The zero-order valence-electron chi connectivity index (χ0n) is 7.54. The molecule has 1 heterocycles. The van der Waals surface area contributed by atoms with Crippen LogP contribution in [0.15, 0.2) is 24.3 Å². The van der Waals surface area contributed by atoms with E-state index in [1.807, 2.05) is 0 Å². The Kier molecular flexibility index (Phi) is 3.19. The van der Waals surface area contributed by atoms with E-state index in [9.17, 15) is 4.39 Å². The fraction of sp³-hybridized carbons (Fsp3) is 0.364. The van der Waals surface area contributed by atoms with Crippen LogP contribution in [0.3, 0.4) is 0 Å². The highest BCUT2D eigenvalue weighted by Gasteiger charge is 2.23. The van der Waals surface area contributed by atoms with Crippen molar-refractivity contribution in [3.8, 4) is 0 Å². The molecular weight excluding hydrogens is 247 g/mol. The normalized spacial score (nSPS) is 27.6. The summed E-state index contributed by atoms with van der Waals surface area (Å²) in [6.45, 7) is 3.60. The number of rotatable bonds is 1. The Morgan fingerprint density at radius 2 is 2.07 bits per heavy atom. The molecule has 0 spiro atoms. The summed E-state index contributed by atoms with van der Waals surface area (Å²) >= 11 is 3.50. The van der Waals surface area contributed by atoms with Gasteiger partial charge in [-0.15, -0.1) is 0 Å². The Morgan fingerprint density at radius 3 is 2.71 bits per heavy atom. The minimum Gasteiger partial charge on any atom is -0.367 e. The van der Waals surface area contributed by atoms with Crippen molar-refractivity contribution in [2.75, 3.05) is 6.61 Å². The molecule has 1 nitrogen and oxygen atoms in total. The molecule has 1 aromatic rings. The van der Waals surface area contributed by atoms with Gasteiger partial charge in [0.25, 0.3) is 0 Å². The lowest BCUT2D eigenvalue weighted by molar-refractivity contribution is 0.147. The molecule has 0 aromatic heterocycles. The van der Waals surface area contributed by atoms with Gasteiger partial charge in [0.2, 0.25) is 0 Å². The van der Waals surface area contributed by atoms with Gasteiger partial charge >= 0.3 is 0 Å². The first kappa shape index (κ1) is 10.1. The number of alkyl halides is 1. The van der Waals surface area contributed by atoms with Crippen molar-refractivity contribution in [3.05, 3.63) is 42.3 Å². The fourth-order valence-electron chi connectivity index (χ4n) is 1.51. The molecule has 2 atom stereocenters. The number of hydrogen-bond donors (Lipinski definition) is 0.